The number of hydrogen-bond donors (Lipinski definition) is 3. The van der Waals surface area contributed by atoms with E-state index in [1.165, 1.54) is 23.3 Å². The number of anilines is 1. The Morgan fingerprint density at radius 3 is 2.29 bits per heavy atom. The second kappa shape index (κ2) is 9.69. The van der Waals surface area contributed by atoms with Gasteiger partial charge in [0.05, 0.1) is 11.3 Å². The lowest BCUT2D eigenvalue weighted by atomic mass is 9.98. The fourth-order valence-electron chi connectivity index (χ4n) is 4.64. The molecule has 2 amide bonds. The van der Waals surface area contributed by atoms with Gasteiger partial charge in [0.2, 0.25) is 5.91 Å². The van der Waals surface area contributed by atoms with Crippen molar-refractivity contribution in [2.75, 3.05) is 18.5 Å². The summed E-state index contributed by atoms with van der Waals surface area (Å²) in [6.45, 7) is 0.591. The normalized spacial score (nSPS) is 17.7. The van der Waals surface area contributed by atoms with Crippen molar-refractivity contribution in [1.82, 2.24) is 5.32 Å². The van der Waals surface area contributed by atoms with E-state index in [-0.39, 0.29) is 35.8 Å². The molecule has 0 saturated heterocycles. The monoisotopic (exact) mass is 582 g/mol. The van der Waals surface area contributed by atoms with Crippen molar-refractivity contribution >= 4 is 46.2 Å². The van der Waals surface area contributed by atoms with Crippen molar-refractivity contribution in [1.29, 1.82) is 0 Å². The zero-order chi connectivity index (χ0) is 24.5. The van der Waals surface area contributed by atoms with Crippen molar-refractivity contribution in [2.24, 2.45) is 11.8 Å². The van der Waals surface area contributed by atoms with E-state index < -0.39 is 12.1 Å². The Hall–Kier alpha value is -3.40. The Morgan fingerprint density at radius 1 is 0.971 bits per heavy atom. The maximum Gasteiger partial charge on any atom is 0.407 e. The second-order valence-electron chi connectivity index (χ2n) is 8.80. The third-order valence-corrected chi connectivity index (χ3v) is 7.52. The van der Waals surface area contributed by atoms with Crippen LogP contribution >= 0.6 is 22.6 Å². The van der Waals surface area contributed by atoms with Gasteiger partial charge in [-0.3, -0.25) is 4.79 Å². The van der Waals surface area contributed by atoms with Gasteiger partial charge in [-0.1, -0.05) is 48.5 Å². The summed E-state index contributed by atoms with van der Waals surface area (Å²) in [4.78, 5) is 36.2. The topological polar surface area (TPSA) is 105 Å². The zero-order valence-corrected chi connectivity index (χ0v) is 20.8. The largest absolute Gasteiger partial charge is 0.478 e. The quantitative estimate of drug-likeness (QED) is 0.337. The molecule has 0 radical (unpaired) electrons. The molecule has 7 nitrogen and oxygen atoms in total. The minimum Gasteiger partial charge on any atom is -0.478 e. The summed E-state index contributed by atoms with van der Waals surface area (Å²) in [5, 5.41) is 14.8. The van der Waals surface area contributed by atoms with E-state index in [9.17, 15) is 14.4 Å². The molecule has 0 aliphatic heterocycles. The molecule has 0 unspecified atom stereocenters. The lowest BCUT2D eigenvalue weighted by Crippen LogP contribution is -2.29. The summed E-state index contributed by atoms with van der Waals surface area (Å²) in [5.74, 6) is -1.43. The number of carboxylic acids is 1. The molecule has 178 valence electrons. The van der Waals surface area contributed by atoms with Crippen LogP contribution in [0.2, 0.25) is 0 Å². The molecule has 0 bridgehead atoms. The number of alkyl carbamates (subject to hydrolysis) is 1. The number of nitrogens with one attached hydrogen (secondary N) is 2. The van der Waals surface area contributed by atoms with Crippen molar-refractivity contribution in [2.45, 2.75) is 12.3 Å². The van der Waals surface area contributed by atoms with Crippen LogP contribution in [-0.4, -0.2) is 36.2 Å². The molecule has 5 rings (SSSR count). The van der Waals surface area contributed by atoms with Crippen LogP contribution in [0, 0.1) is 15.4 Å². The number of carbonyl (C=O) groups excluding carboxylic acids is 2. The fraction of sp³-hybridized carbons (Fsp3) is 0.222. The van der Waals surface area contributed by atoms with E-state index in [2.05, 4.69) is 57.5 Å². The summed E-state index contributed by atoms with van der Waals surface area (Å²) in [6.07, 6.45) is 0.159. The number of halogens is 1. The van der Waals surface area contributed by atoms with Crippen LogP contribution < -0.4 is 10.6 Å². The molecule has 35 heavy (non-hydrogen) atoms. The Labute approximate surface area is 216 Å². The predicted octanol–water partition coefficient (Wildman–Crippen LogP) is 5.10. The molecule has 2 atom stereocenters. The first kappa shape index (κ1) is 23.3. The molecular formula is C27H23IN2O5. The highest BCUT2D eigenvalue weighted by Crippen LogP contribution is 2.44. The van der Waals surface area contributed by atoms with E-state index >= 15 is 0 Å². The van der Waals surface area contributed by atoms with Crippen LogP contribution in [0.25, 0.3) is 11.1 Å². The molecular weight excluding hydrogens is 559 g/mol. The molecule has 0 heterocycles. The van der Waals surface area contributed by atoms with Gasteiger partial charge in [0, 0.05) is 22.0 Å². The lowest BCUT2D eigenvalue weighted by molar-refractivity contribution is -0.117. The maximum atomic E-state index is 12.6. The lowest BCUT2D eigenvalue weighted by Gasteiger charge is -2.14. The number of ether oxygens (including phenoxy) is 1. The molecule has 3 N–H and O–H groups in total. The molecule has 1 fully saturated rings. The van der Waals surface area contributed by atoms with Gasteiger partial charge in [-0.15, -0.1) is 0 Å². The number of hydrogen-bond acceptors (Lipinski definition) is 4. The minimum absolute atomic E-state index is 0.00311. The van der Waals surface area contributed by atoms with Crippen molar-refractivity contribution < 1.29 is 24.2 Å². The van der Waals surface area contributed by atoms with Gasteiger partial charge in [0.15, 0.2) is 0 Å². The Kier molecular flexibility index (Phi) is 6.46. The molecule has 2 aliphatic carbocycles. The van der Waals surface area contributed by atoms with Crippen LogP contribution in [0.3, 0.4) is 0 Å². The van der Waals surface area contributed by atoms with Gasteiger partial charge in [-0.2, -0.15) is 0 Å². The van der Waals surface area contributed by atoms with E-state index in [4.69, 9.17) is 9.84 Å². The van der Waals surface area contributed by atoms with Crippen LogP contribution in [0.4, 0.5) is 10.5 Å². The van der Waals surface area contributed by atoms with Crippen LogP contribution in [0.1, 0.15) is 33.8 Å². The number of benzene rings is 3. The number of amides is 2. The molecule has 3 aromatic carbocycles. The second-order valence-corrected chi connectivity index (χ2v) is 9.96. The average Bonchev–Trinajstić information content (AvgIpc) is 3.58. The predicted molar refractivity (Wildman–Crippen MR) is 139 cm³/mol. The van der Waals surface area contributed by atoms with Gasteiger partial charge in [-0.05, 0) is 75.4 Å². The van der Waals surface area contributed by atoms with E-state index in [0.29, 0.717) is 18.7 Å². The highest BCUT2D eigenvalue weighted by atomic mass is 127. The SMILES string of the molecule is O=C(NC[C@H]1C[C@H]1C(=O)Nc1cc(C(=O)O)ccc1I)OCC1c2ccccc2-c2ccccc21. The highest BCUT2D eigenvalue weighted by molar-refractivity contribution is 14.1. The summed E-state index contributed by atoms with van der Waals surface area (Å²) < 4.78 is 6.31. The minimum atomic E-state index is -1.05. The molecule has 0 aromatic heterocycles. The highest BCUT2D eigenvalue weighted by Gasteiger charge is 2.43. The van der Waals surface area contributed by atoms with E-state index in [0.717, 1.165) is 14.7 Å². The smallest absolute Gasteiger partial charge is 0.407 e. The third kappa shape index (κ3) is 4.88. The fourth-order valence-corrected chi connectivity index (χ4v) is 5.11. The Bertz CT molecular complexity index is 1280. The van der Waals surface area contributed by atoms with Crippen molar-refractivity contribution in [3.63, 3.8) is 0 Å². The molecule has 3 aromatic rings. The summed E-state index contributed by atoms with van der Waals surface area (Å²) in [7, 11) is 0. The average molecular weight is 582 g/mol. The maximum absolute atomic E-state index is 12.6. The third-order valence-electron chi connectivity index (χ3n) is 6.58. The number of carbonyl (C=O) groups is 3. The Morgan fingerprint density at radius 2 is 1.63 bits per heavy atom. The number of aromatic carboxylic acids is 1. The zero-order valence-electron chi connectivity index (χ0n) is 18.7. The molecule has 0 spiro atoms. The van der Waals surface area contributed by atoms with E-state index in [1.54, 1.807) is 6.07 Å². The van der Waals surface area contributed by atoms with Gasteiger partial charge in [-0.25, -0.2) is 9.59 Å². The van der Waals surface area contributed by atoms with Gasteiger partial charge in [0.25, 0.3) is 0 Å². The first-order chi connectivity index (χ1) is 16.9. The van der Waals surface area contributed by atoms with Gasteiger partial charge >= 0.3 is 12.1 Å². The van der Waals surface area contributed by atoms with Crippen molar-refractivity contribution in [3.05, 3.63) is 87.0 Å². The van der Waals surface area contributed by atoms with Crippen LogP contribution in [-0.2, 0) is 9.53 Å². The number of rotatable bonds is 7. The Balaban J connectivity index is 1.11. The summed E-state index contributed by atoms with van der Waals surface area (Å²) in [6, 6.07) is 20.9. The molecule has 2 aliphatic rings. The summed E-state index contributed by atoms with van der Waals surface area (Å²) >= 11 is 2.05. The van der Waals surface area contributed by atoms with E-state index in [1.807, 2.05) is 24.3 Å². The number of fused-ring (bicyclic) bond motifs is 3. The standard InChI is InChI=1S/C27H23IN2O5/c28-23-10-9-15(26(32)33)12-24(23)30-25(31)21-11-16(21)13-29-27(34)35-14-22-19-7-3-1-5-17(19)18-6-2-4-8-20(18)22/h1-10,12,16,21-22H,11,13-14H2,(H,29,34)(H,30,31)(H,32,33)/t16-,21-/m1/s1. The number of carboxylic acid groups (broad SMARTS) is 1. The first-order valence-corrected chi connectivity index (χ1v) is 12.4. The van der Waals surface area contributed by atoms with Gasteiger partial charge in [0.1, 0.15) is 6.61 Å². The van der Waals surface area contributed by atoms with Crippen LogP contribution in [0.15, 0.2) is 66.7 Å². The molecule has 8 heteroatoms. The molecule has 1 saturated carbocycles. The van der Waals surface area contributed by atoms with Gasteiger partial charge < -0.3 is 20.5 Å². The summed E-state index contributed by atoms with van der Waals surface area (Å²) in [5.41, 5.74) is 5.25. The van der Waals surface area contributed by atoms with Crippen LogP contribution in [0.5, 0.6) is 0 Å². The first-order valence-electron chi connectivity index (χ1n) is 11.3. The van der Waals surface area contributed by atoms with Crippen molar-refractivity contribution in [3.8, 4) is 11.1 Å².